The van der Waals surface area contributed by atoms with Crippen molar-refractivity contribution in [2.45, 2.75) is 11.8 Å². The van der Waals surface area contributed by atoms with Gasteiger partial charge in [-0.1, -0.05) is 17.7 Å². The van der Waals surface area contributed by atoms with E-state index < -0.39 is 4.92 Å². The number of rotatable bonds is 5. The summed E-state index contributed by atoms with van der Waals surface area (Å²) in [5.41, 5.74) is 0.760. The molecule has 0 saturated heterocycles. The summed E-state index contributed by atoms with van der Waals surface area (Å²) in [6, 6.07) is 4.36. The molecule has 1 aromatic rings. The van der Waals surface area contributed by atoms with Crippen LogP contribution in [-0.2, 0) is 11.2 Å². The number of ether oxygens (including phenoxy) is 1. The van der Waals surface area contributed by atoms with Crippen molar-refractivity contribution < 1.29 is 9.66 Å². The van der Waals surface area contributed by atoms with Crippen LogP contribution >= 0.6 is 23.2 Å². The van der Waals surface area contributed by atoms with Gasteiger partial charge in [0, 0.05) is 19.2 Å². The molecule has 0 saturated carbocycles. The van der Waals surface area contributed by atoms with E-state index in [1.807, 2.05) is 0 Å². The summed E-state index contributed by atoms with van der Waals surface area (Å²) < 4.78 is 4.89. The molecule has 0 fully saturated rings. The Morgan fingerprint density at radius 3 is 2.75 bits per heavy atom. The van der Waals surface area contributed by atoms with Gasteiger partial charge in [-0.25, -0.2) is 0 Å². The molecule has 0 bridgehead atoms. The van der Waals surface area contributed by atoms with Crippen LogP contribution in [0.5, 0.6) is 0 Å². The monoisotopic (exact) mass is 263 g/mol. The fourth-order valence-corrected chi connectivity index (χ4v) is 1.84. The van der Waals surface area contributed by atoms with E-state index in [-0.39, 0.29) is 11.1 Å². The number of nitrogens with zero attached hydrogens (tertiary/aromatic N) is 1. The van der Waals surface area contributed by atoms with Crippen molar-refractivity contribution in [3.05, 3.63) is 38.9 Å². The molecular weight excluding hydrogens is 253 g/mol. The molecule has 0 aliphatic rings. The molecule has 1 rings (SSSR count). The first-order chi connectivity index (χ1) is 7.54. The summed E-state index contributed by atoms with van der Waals surface area (Å²) in [6.45, 7) is 0.412. The third kappa shape index (κ3) is 3.63. The summed E-state index contributed by atoms with van der Waals surface area (Å²) in [6.07, 6.45) is 0.520. The maximum absolute atomic E-state index is 10.5. The van der Waals surface area contributed by atoms with E-state index in [2.05, 4.69) is 0 Å². The van der Waals surface area contributed by atoms with Gasteiger partial charge in [0.05, 0.1) is 21.9 Å². The predicted octanol–water partition coefficient (Wildman–Crippen LogP) is 3.04. The standard InChI is InChI=1S/C10H11Cl2NO3/c1-16-6-8(11)4-7-2-3-9(13(14)15)5-10(7)12/h2-3,5,8H,4,6H2,1H3. The van der Waals surface area contributed by atoms with Crippen LogP contribution in [0.25, 0.3) is 0 Å². The first-order valence-electron chi connectivity index (χ1n) is 4.60. The summed E-state index contributed by atoms with van der Waals surface area (Å²) >= 11 is 11.9. The molecule has 1 unspecified atom stereocenters. The Hall–Kier alpha value is -0.840. The number of alkyl halides is 1. The Balaban J connectivity index is 2.79. The van der Waals surface area contributed by atoms with Crippen LogP contribution in [0.2, 0.25) is 5.02 Å². The van der Waals surface area contributed by atoms with Gasteiger partial charge in [0.1, 0.15) is 0 Å². The highest BCUT2D eigenvalue weighted by atomic mass is 35.5. The Bertz CT molecular complexity index is 384. The molecule has 0 heterocycles. The van der Waals surface area contributed by atoms with Gasteiger partial charge in [0.15, 0.2) is 0 Å². The van der Waals surface area contributed by atoms with E-state index in [9.17, 15) is 10.1 Å². The molecule has 0 spiro atoms. The molecule has 0 radical (unpaired) electrons. The second kappa shape index (κ2) is 6.03. The third-order valence-corrected chi connectivity index (χ3v) is 2.67. The predicted molar refractivity (Wildman–Crippen MR) is 63.3 cm³/mol. The molecule has 0 aliphatic carbocycles. The van der Waals surface area contributed by atoms with E-state index >= 15 is 0 Å². The number of halogens is 2. The van der Waals surface area contributed by atoms with Gasteiger partial charge in [0.2, 0.25) is 0 Å². The smallest absolute Gasteiger partial charge is 0.270 e. The van der Waals surface area contributed by atoms with Crippen LogP contribution < -0.4 is 0 Å². The van der Waals surface area contributed by atoms with Crippen molar-refractivity contribution in [2.75, 3.05) is 13.7 Å². The van der Waals surface area contributed by atoms with Crippen molar-refractivity contribution in [1.29, 1.82) is 0 Å². The molecular formula is C10H11Cl2NO3. The zero-order valence-electron chi connectivity index (χ0n) is 8.65. The molecule has 0 N–H and O–H groups in total. The Labute approximate surface area is 103 Å². The lowest BCUT2D eigenvalue weighted by molar-refractivity contribution is -0.384. The lowest BCUT2D eigenvalue weighted by atomic mass is 10.1. The average molecular weight is 264 g/mol. The molecule has 0 aromatic heterocycles. The van der Waals surface area contributed by atoms with Gasteiger partial charge < -0.3 is 4.74 Å². The Kier molecular flexibility index (Phi) is 4.99. The summed E-state index contributed by atoms with van der Waals surface area (Å²) in [4.78, 5) is 10.0. The van der Waals surface area contributed by atoms with Gasteiger partial charge in [0.25, 0.3) is 5.69 Å². The normalized spacial score (nSPS) is 12.4. The minimum Gasteiger partial charge on any atom is -0.383 e. The molecule has 0 aliphatic heterocycles. The molecule has 4 nitrogen and oxygen atoms in total. The molecule has 0 amide bonds. The molecule has 88 valence electrons. The highest BCUT2D eigenvalue weighted by molar-refractivity contribution is 6.31. The minimum absolute atomic E-state index is 0.0217. The SMILES string of the molecule is COCC(Cl)Cc1ccc([N+](=O)[O-])cc1Cl. The maximum Gasteiger partial charge on any atom is 0.270 e. The number of hydrogen-bond acceptors (Lipinski definition) is 3. The largest absolute Gasteiger partial charge is 0.383 e. The van der Waals surface area contributed by atoms with Crippen molar-refractivity contribution in [3.63, 3.8) is 0 Å². The van der Waals surface area contributed by atoms with Gasteiger partial charge in [-0.3, -0.25) is 10.1 Å². The molecule has 1 aromatic carbocycles. The van der Waals surface area contributed by atoms with E-state index in [0.717, 1.165) is 5.56 Å². The zero-order chi connectivity index (χ0) is 12.1. The number of nitro groups is 1. The van der Waals surface area contributed by atoms with Crippen LogP contribution in [0.15, 0.2) is 18.2 Å². The lowest BCUT2D eigenvalue weighted by Crippen LogP contribution is -2.10. The van der Waals surface area contributed by atoms with Gasteiger partial charge in [-0.2, -0.15) is 0 Å². The topological polar surface area (TPSA) is 52.4 Å². The number of methoxy groups -OCH3 is 1. The Morgan fingerprint density at radius 1 is 1.56 bits per heavy atom. The zero-order valence-corrected chi connectivity index (χ0v) is 10.2. The number of benzene rings is 1. The van der Waals surface area contributed by atoms with Crippen LogP contribution in [-0.4, -0.2) is 24.0 Å². The van der Waals surface area contributed by atoms with Crippen LogP contribution in [0.4, 0.5) is 5.69 Å². The van der Waals surface area contributed by atoms with Crippen LogP contribution in [0.1, 0.15) is 5.56 Å². The van der Waals surface area contributed by atoms with Crippen molar-refractivity contribution in [3.8, 4) is 0 Å². The van der Waals surface area contributed by atoms with E-state index in [1.165, 1.54) is 12.1 Å². The van der Waals surface area contributed by atoms with Crippen molar-refractivity contribution >= 4 is 28.9 Å². The van der Waals surface area contributed by atoms with E-state index in [1.54, 1.807) is 13.2 Å². The first-order valence-corrected chi connectivity index (χ1v) is 5.42. The summed E-state index contributed by atoms with van der Waals surface area (Å²) in [5.74, 6) is 0. The highest BCUT2D eigenvalue weighted by Crippen LogP contribution is 2.24. The van der Waals surface area contributed by atoms with E-state index in [0.29, 0.717) is 18.1 Å². The lowest BCUT2D eigenvalue weighted by Gasteiger charge is -2.09. The number of non-ortho nitro benzene ring substituents is 1. The Morgan fingerprint density at radius 2 is 2.25 bits per heavy atom. The molecule has 16 heavy (non-hydrogen) atoms. The van der Waals surface area contributed by atoms with E-state index in [4.69, 9.17) is 27.9 Å². The minimum atomic E-state index is -0.483. The van der Waals surface area contributed by atoms with Crippen molar-refractivity contribution in [1.82, 2.24) is 0 Å². The van der Waals surface area contributed by atoms with Crippen LogP contribution in [0.3, 0.4) is 0 Å². The van der Waals surface area contributed by atoms with Gasteiger partial charge >= 0.3 is 0 Å². The fourth-order valence-electron chi connectivity index (χ4n) is 1.29. The highest BCUT2D eigenvalue weighted by Gasteiger charge is 2.12. The first kappa shape index (κ1) is 13.2. The number of hydrogen-bond donors (Lipinski definition) is 0. The molecule has 6 heteroatoms. The summed E-state index contributed by atoms with van der Waals surface area (Å²) in [5, 5.41) is 10.7. The summed E-state index contributed by atoms with van der Waals surface area (Å²) in [7, 11) is 1.56. The van der Waals surface area contributed by atoms with Crippen molar-refractivity contribution in [2.24, 2.45) is 0 Å². The second-order valence-electron chi connectivity index (χ2n) is 3.29. The number of nitro benzene ring substituents is 1. The second-order valence-corrected chi connectivity index (χ2v) is 4.31. The fraction of sp³-hybridized carbons (Fsp3) is 0.400. The van der Waals surface area contributed by atoms with Crippen LogP contribution in [0, 0.1) is 10.1 Å². The maximum atomic E-state index is 10.5. The van der Waals surface area contributed by atoms with Gasteiger partial charge in [-0.05, 0) is 12.0 Å². The average Bonchev–Trinajstić information content (AvgIpc) is 2.21. The third-order valence-electron chi connectivity index (χ3n) is 2.04. The molecule has 1 atom stereocenters. The van der Waals surface area contributed by atoms with Gasteiger partial charge in [-0.15, -0.1) is 11.6 Å². The quantitative estimate of drug-likeness (QED) is 0.466.